The Balaban J connectivity index is 1.59. The number of rotatable bonds is 7. The van der Waals surface area contributed by atoms with Gasteiger partial charge in [0.05, 0.1) is 11.4 Å². The molecule has 2 aromatic rings. The van der Waals surface area contributed by atoms with Gasteiger partial charge in [-0.25, -0.2) is 8.42 Å². The lowest BCUT2D eigenvalue weighted by Crippen LogP contribution is -2.55. The normalized spacial score (nSPS) is 14.6. The van der Waals surface area contributed by atoms with Crippen LogP contribution in [0.3, 0.4) is 0 Å². The van der Waals surface area contributed by atoms with E-state index in [4.69, 9.17) is 0 Å². The molecule has 0 spiro atoms. The maximum atomic E-state index is 12.7. The van der Waals surface area contributed by atoms with Crippen molar-refractivity contribution >= 4 is 27.5 Å². The van der Waals surface area contributed by atoms with Gasteiger partial charge in [0.15, 0.2) is 0 Å². The first-order chi connectivity index (χ1) is 15.2. The van der Waals surface area contributed by atoms with Gasteiger partial charge in [-0.1, -0.05) is 49.7 Å². The van der Waals surface area contributed by atoms with Crippen LogP contribution in [0.15, 0.2) is 53.4 Å². The Morgan fingerprint density at radius 3 is 2.41 bits per heavy atom. The van der Waals surface area contributed by atoms with Gasteiger partial charge >= 0.3 is 0 Å². The lowest BCUT2D eigenvalue weighted by Gasteiger charge is -2.30. The quantitative estimate of drug-likeness (QED) is 0.550. The van der Waals surface area contributed by atoms with Crippen molar-refractivity contribution in [2.45, 2.75) is 44.6 Å². The summed E-state index contributed by atoms with van der Waals surface area (Å²) in [7, 11) is -3.89. The van der Waals surface area contributed by atoms with Gasteiger partial charge in [-0.3, -0.25) is 20.4 Å². The Kier molecular flexibility index (Phi) is 7.52. The smallest absolute Gasteiger partial charge is 0.257 e. The maximum Gasteiger partial charge on any atom is 0.257 e. The summed E-state index contributed by atoms with van der Waals surface area (Å²) >= 11 is 0. The number of amides is 2. The van der Waals surface area contributed by atoms with Crippen LogP contribution in [0, 0.1) is 12.8 Å². The number of anilines is 1. The van der Waals surface area contributed by atoms with Crippen LogP contribution < -0.4 is 20.5 Å². The molecule has 2 amide bonds. The van der Waals surface area contributed by atoms with Crippen LogP contribution in [-0.2, 0) is 26.0 Å². The van der Waals surface area contributed by atoms with Crippen LogP contribution in [-0.4, -0.2) is 39.4 Å². The van der Waals surface area contributed by atoms with Gasteiger partial charge in [0.2, 0.25) is 10.0 Å². The third-order valence-electron chi connectivity index (χ3n) is 5.43. The first kappa shape index (κ1) is 23.7. The third-order valence-corrected chi connectivity index (χ3v) is 6.89. The van der Waals surface area contributed by atoms with E-state index in [1.54, 1.807) is 26.0 Å². The number of fused-ring (bicyclic) bond motifs is 1. The van der Waals surface area contributed by atoms with Crippen LogP contribution in [0.2, 0.25) is 0 Å². The number of hydrogen-bond acceptors (Lipinski definition) is 5. The number of carbonyl (C=O) groups is 2. The van der Waals surface area contributed by atoms with Crippen molar-refractivity contribution in [2.75, 3.05) is 18.0 Å². The molecule has 8 nitrogen and oxygen atoms in total. The van der Waals surface area contributed by atoms with E-state index in [1.807, 2.05) is 30.0 Å². The number of hydrazine groups is 1. The number of carbonyl (C=O) groups excluding carboxylic acids is 2. The monoisotopic (exact) mass is 458 g/mol. The van der Waals surface area contributed by atoms with Crippen molar-refractivity contribution in [3.05, 3.63) is 59.7 Å². The number of benzene rings is 2. The SMILES string of the molecule is Cc1ccc(S(=O)(=O)N[C@H](C(=O)NNC(=O)CN2CCCc3ccccc32)C(C)C)cc1. The summed E-state index contributed by atoms with van der Waals surface area (Å²) in [6, 6.07) is 13.3. The molecular formula is C23H30N4O4S. The van der Waals surface area contributed by atoms with E-state index in [-0.39, 0.29) is 23.3 Å². The molecule has 2 aromatic carbocycles. The standard InChI is InChI=1S/C23H30N4O4S/c1-16(2)22(26-32(30,31)19-12-10-17(3)11-13-19)23(29)25-24-21(28)15-27-14-6-8-18-7-4-5-9-20(18)27/h4-5,7,9-13,16,22,26H,6,8,14-15H2,1-3H3,(H,24,28)(H,25,29)/t22-/m0/s1. The zero-order chi connectivity index (χ0) is 23.3. The Bertz CT molecular complexity index is 1070. The fourth-order valence-corrected chi connectivity index (χ4v) is 4.99. The van der Waals surface area contributed by atoms with E-state index >= 15 is 0 Å². The van der Waals surface area contributed by atoms with Gasteiger partial charge in [0, 0.05) is 12.2 Å². The number of para-hydroxylation sites is 1. The maximum absolute atomic E-state index is 12.7. The molecule has 0 unspecified atom stereocenters. The molecule has 1 aliphatic heterocycles. The molecular weight excluding hydrogens is 428 g/mol. The van der Waals surface area contributed by atoms with Gasteiger partial charge in [0.25, 0.3) is 11.8 Å². The second kappa shape index (κ2) is 10.1. The summed E-state index contributed by atoms with van der Waals surface area (Å²) in [5.74, 6) is -1.33. The summed E-state index contributed by atoms with van der Waals surface area (Å²) in [5, 5.41) is 0. The second-order valence-corrected chi connectivity index (χ2v) is 10.1. The van der Waals surface area contributed by atoms with Gasteiger partial charge in [-0.05, 0) is 49.4 Å². The lowest BCUT2D eigenvalue weighted by molar-refractivity contribution is -0.129. The molecule has 0 bridgehead atoms. The van der Waals surface area contributed by atoms with E-state index in [9.17, 15) is 18.0 Å². The van der Waals surface area contributed by atoms with Crippen molar-refractivity contribution in [3.8, 4) is 0 Å². The number of hydrogen-bond donors (Lipinski definition) is 3. The molecule has 0 radical (unpaired) electrons. The van der Waals surface area contributed by atoms with Crippen molar-refractivity contribution in [2.24, 2.45) is 5.92 Å². The molecule has 0 saturated carbocycles. The molecule has 9 heteroatoms. The Hall–Kier alpha value is -2.91. The predicted molar refractivity (Wildman–Crippen MR) is 123 cm³/mol. The highest BCUT2D eigenvalue weighted by Gasteiger charge is 2.29. The molecule has 3 rings (SSSR count). The molecule has 0 aliphatic carbocycles. The average molecular weight is 459 g/mol. The first-order valence-electron chi connectivity index (χ1n) is 10.7. The van der Waals surface area contributed by atoms with Crippen LogP contribution >= 0.6 is 0 Å². The van der Waals surface area contributed by atoms with E-state index in [0.29, 0.717) is 0 Å². The minimum Gasteiger partial charge on any atom is -0.362 e. The molecule has 1 aliphatic rings. The molecule has 0 fully saturated rings. The minimum absolute atomic E-state index is 0.0781. The molecule has 3 N–H and O–H groups in total. The highest BCUT2D eigenvalue weighted by Crippen LogP contribution is 2.26. The van der Waals surface area contributed by atoms with E-state index in [2.05, 4.69) is 21.6 Å². The summed E-state index contributed by atoms with van der Waals surface area (Å²) in [6.45, 7) is 6.17. The molecule has 32 heavy (non-hydrogen) atoms. The number of sulfonamides is 1. The summed E-state index contributed by atoms with van der Waals surface area (Å²) in [6.07, 6.45) is 1.93. The van der Waals surface area contributed by atoms with Crippen LogP contribution in [0.5, 0.6) is 0 Å². The van der Waals surface area contributed by atoms with Crippen molar-refractivity contribution < 1.29 is 18.0 Å². The summed E-state index contributed by atoms with van der Waals surface area (Å²) in [4.78, 5) is 27.2. The van der Waals surface area contributed by atoms with Crippen LogP contribution in [0.25, 0.3) is 0 Å². The fourth-order valence-electron chi connectivity index (χ4n) is 3.64. The van der Waals surface area contributed by atoms with Crippen molar-refractivity contribution in [1.29, 1.82) is 0 Å². The van der Waals surface area contributed by atoms with Crippen LogP contribution in [0.1, 0.15) is 31.4 Å². The molecule has 0 saturated heterocycles. The Morgan fingerprint density at radius 1 is 1.03 bits per heavy atom. The lowest BCUT2D eigenvalue weighted by atomic mass is 10.0. The third kappa shape index (κ3) is 5.86. The zero-order valence-electron chi connectivity index (χ0n) is 18.6. The highest BCUT2D eigenvalue weighted by molar-refractivity contribution is 7.89. The predicted octanol–water partition coefficient (Wildman–Crippen LogP) is 1.90. The number of nitrogens with one attached hydrogen (secondary N) is 3. The van der Waals surface area contributed by atoms with Gasteiger partial charge < -0.3 is 4.90 Å². The van der Waals surface area contributed by atoms with Gasteiger partial charge in [-0.2, -0.15) is 4.72 Å². The Labute approximate surface area is 189 Å². The van der Waals surface area contributed by atoms with Gasteiger partial charge in [-0.15, -0.1) is 0 Å². The summed E-state index contributed by atoms with van der Waals surface area (Å²) in [5.41, 5.74) is 7.93. The van der Waals surface area contributed by atoms with Crippen molar-refractivity contribution in [3.63, 3.8) is 0 Å². The van der Waals surface area contributed by atoms with E-state index < -0.39 is 22.0 Å². The first-order valence-corrected chi connectivity index (χ1v) is 12.2. The van der Waals surface area contributed by atoms with E-state index in [1.165, 1.54) is 17.7 Å². The molecule has 0 aromatic heterocycles. The summed E-state index contributed by atoms with van der Waals surface area (Å²) < 4.78 is 27.8. The number of nitrogens with zero attached hydrogens (tertiary/aromatic N) is 1. The highest BCUT2D eigenvalue weighted by atomic mass is 32.2. The minimum atomic E-state index is -3.89. The molecule has 172 valence electrons. The van der Waals surface area contributed by atoms with Crippen molar-refractivity contribution in [1.82, 2.24) is 15.6 Å². The topological polar surface area (TPSA) is 108 Å². The number of aryl methyl sites for hydroxylation is 2. The fraction of sp³-hybridized carbons (Fsp3) is 0.391. The molecule has 1 atom stereocenters. The Morgan fingerprint density at radius 2 is 1.72 bits per heavy atom. The van der Waals surface area contributed by atoms with E-state index in [0.717, 1.165) is 30.6 Å². The molecule has 1 heterocycles. The average Bonchev–Trinajstić information content (AvgIpc) is 2.76. The second-order valence-electron chi connectivity index (χ2n) is 8.35. The van der Waals surface area contributed by atoms with Crippen LogP contribution in [0.4, 0.5) is 5.69 Å². The van der Waals surface area contributed by atoms with Gasteiger partial charge in [0.1, 0.15) is 6.04 Å². The largest absolute Gasteiger partial charge is 0.362 e. The zero-order valence-corrected chi connectivity index (χ0v) is 19.4.